The van der Waals surface area contributed by atoms with Gasteiger partial charge in [-0.05, 0) is 18.2 Å². The number of carbonyl (C=O) groups excluding carboxylic acids is 1. The summed E-state index contributed by atoms with van der Waals surface area (Å²) in [6, 6.07) is 7.50. The van der Waals surface area contributed by atoms with Crippen LogP contribution < -0.4 is 4.90 Å². The Morgan fingerprint density at radius 3 is 2.77 bits per heavy atom. The topological polar surface area (TPSA) is 20.3 Å². The first kappa shape index (κ1) is 9.99. The van der Waals surface area contributed by atoms with Crippen LogP contribution in [0, 0.1) is 0 Å². The van der Waals surface area contributed by atoms with E-state index in [0.717, 1.165) is 10.2 Å². The molecule has 2 nitrogen and oxygen atoms in total. The van der Waals surface area contributed by atoms with E-state index < -0.39 is 0 Å². The van der Waals surface area contributed by atoms with Gasteiger partial charge in [-0.3, -0.25) is 9.69 Å². The van der Waals surface area contributed by atoms with E-state index in [1.807, 2.05) is 24.3 Å². The summed E-state index contributed by atoms with van der Waals surface area (Å²) < 4.78 is 0.943. The predicted molar refractivity (Wildman–Crippen MR) is 57.5 cm³/mol. The van der Waals surface area contributed by atoms with Gasteiger partial charge in [0.2, 0.25) is 5.91 Å². The molecule has 0 aliphatic rings. The normalized spacial score (nSPS) is 9.38. The maximum atomic E-state index is 11.1. The molecule has 0 N–H and O–H groups in total. The molecular formula is C10H10BrNO. The summed E-state index contributed by atoms with van der Waals surface area (Å²) in [5.41, 5.74) is 0.817. The molecule has 0 aliphatic carbocycles. The molecule has 0 unspecified atom stereocenters. The van der Waals surface area contributed by atoms with Gasteiger partial charge in [-0.15, -0.1) is 0 Å². The van der Waals surface area contributed by atoms with Crippen molar-refractivity contribution in [1.82, 2.24) is 0 Å². The maximum absolute atomic E-state index is 11.1. The SMILES string of the molecule is C=CN(C(C)=O)c1cccc(Br)c1. The van der Waals surface area contributed by atoms with E-state index in [4.69, 9.17) is 0 Å². The summed E-state index contributed by atoms with van der Waals surface area (Å²) in [7, 11) is 0. The second-order valence-electron chi connectivity index (χ2n) is 2.55. The average molecular weight is 240 g/mol. The minimum atomic E-state index is -0.0481. The third-order valence-corrected chi connectivity index (χ3v) is 2.10. The Labute approximate surface area is 86.0 Å². The van der Waals surface area contributed by atoms with Crippen LogP contribution in [0.4, 0.5) is 5.69 Å². The zero-order chi connectivity index (χ0) is 9.84. The summed E-state index contributed by atoms with van der Waals surface area (Å²) >= 11 is 3.34. The lowest BCUT2D eigenvalue weighted by Gasteiger charge is -2.15. The number of hydrogen-bond acceptors (Lipinski definition) is 1. The monoisotopic (exact) mass is 239 g/mol. The molecular weight excluding hydrogens is 230 g/mol. The largest absolute Gasteiger partial charge is 0.289 e. The van der Waals surface area contributed by atoms with Crippen LogP contribution in [0.1, 0.15) is 6.92 Å². The van der Waals surface area contributed by atoms with Gasteiger partial charge in [0.15, 0.2) is 0 Å². The fourth-order valence-electron chi connectivity index (χ4n) is 1.04. The fraction of sp³-hybridized carbons (Fsp3) is 0.100. The number of nitrogens with zero attached hydrogens (tertiary/aromatic N) is 1. The van der Waals surface area contributed by atoms with E-state index in [-0.39, 0.29) is 5.91 Å². The van der Waals surface area contributed by atoms with Crippen LogP contribution in [0.25, 0.3) is 0 Å². The molecule has 1 aromatic carbocycles. The van der Waals surface area contributed by atoms with E-state index in [1.54, 1.807) is 0 Å². The first-order valence-electron chi connectivity index (χ1n) is 3.83. The van der Waals surface area contributed by atoms with Gasteiger partial charge >= 0.3 is 0 Å². The zero-order valence-corrected chi connectivity index (χ0v) is 8.91. The quantitative estimate of drug-likeness (QED) is 0.778. The van der Waals surface area contributed by atoms with Gasteiger partial charge in [-0.25, -0.2) is 0 Å². The molecule has 68 valence electrons. The second kappa shape index (κ2) is 4.23. The van der Waals surface area contributed by atoms with Gasteiger partial charge in [0.25, 0.3) is 0 Å². The molecule has 0 bridgehead atoms. The number of carbonyl (C=O) groups is 1. The first-order chi connectivity index (χ1) is 6.15. The van der Waals surface area contributed by atoms with Crippen molar-refractivity contribution < 1.29 is 4.79 Å². The lowest BCUT2D eigenvalue weighted by Crippen LogP contribution is -2.21. The number of anilines is 1. The zero-order valence-electron chi connectivity index (χ0n) is 7.33. The molecule has 0 spiro atoms. The summed E-state index contributed by atoms with van der Waals surface area (Å²) in [4.78, 5) is 12.6. The van der Waals surface area contributed by atoms with Gasteiger partial charge in [0, 0.05) is 23.3 Å². The number of halogens is 1. The Balaban J connectivity index is 3.04. The molecule has 0 heterocycles. The van der Waals surface area contributed by atoms with Gasteiger partial charge in [-0.2, -0.15) is 0 Å². The van der Waals surface area contributed by atoms with Crippen LogP contribution >= 0.6 is 15.9 Å². The average Bonchev–Trinajstić information content (AvgIpc) is 2.04. The first-order valence-corrected chi connectivity index (χ1v) is 4.62. The lowest BCUT2D eigenvalue weighted by atomic mass is 10.3. The highest BCUT2D eigenvalue weighted by Crippen LogP contribution is 2.19. The Bertz CT molecular complexity index is 335. The Morgan fingerprint density at radius 1 is 1.62 bits per heavy atom. The molecule has 0 radical (unpaired) electrons. The van der Waals surface area contributed by atoms with Gasteiger partial charge in [-0.1, -0.05) is 28.6 Å². The molecule has 13 heavy (non-hydrogen) atoms. The second-order valence-corrected chi connectivity index (χ2v) is 3.47. The van der Waals surface area contributed by atoms with E-state index in [2.05, 4.69) is 22.5 Å². The molecule has 3 heteroatoms. The highest BCUT2D eigenvalue weighted by molar-refractivity contribution is 9.10. The molecule has 1 rings (SSSR count). The molecule has 0 aliphatic heterocycles. The number of benzene rings is 1. The van der Waals surface area contributed by atoms with Crippen LogP contribution in [0.15, 0.2) is 41.5 Å². The highest BCUT2D eigenvalue weighted by atomic mass is 79.9. The molecule has 0 saturated heterocycles. The van der Waals surface area contributed by atoms with Crippen LogP contribution in [-0.4, -0.2) is 5.91 Å². The highest BCUT2D eigenvalue weighted by Gasteiger charge is 2.06. The number of hydrogen-bond donors (Lipinski definition) is 0. The Hall–Kier alpha value is -1.09. The van der Waals surface area contributed by atoms with Crippen LogP contribution in [0.5, 0.6) is 0 Å². The van der Waals surface area contributed by atoms with E-state index in [0.29, 0.717) is 0 Å². The third-order valence-electron chi connectivity index (χ3n) is 1.61. The van der Waals surface area contributed by atoms with Crippen molar-refractivity contribution in [2.75, 3.05) is 4.90 Å². The summed E-state index contributed by atoms with van der Waals surface area (Å²) in [5, 5.41) is 0. The van der Waals surface area contributed by atoms with Gasteiger partial charge in [0.1, 0.15) is 0 Å². The van der Waals surface area contributed by atoms with E-state index >= 15 is 0 Å². The maximum Gasteiger partial charge on any atom is 0.227 e. The molecule has 1 amide bonds. The van der Waals surface area contributed by atoms with E-state index in [9.17, 15) is 4.79 Å². The Kier molecular flexibility index (Phi) is 3.25. The number of amides is 1. The van der Waals surface area contributed by atoms with E-state index in [1.165, 1.54) is 18.0 Å². The van der Waals surface area contributed by atoms with Gasteiger partial charge in [0.05, 0.1) is 0 Å². The summed E-state index contributed by atoms with van der Waals surface area (Å²) in [6.07, 6.45) is 1.50. The third kappa shape index (κ3) is 2.42. The number of rotatable bonds is 2. The van der Waals surface area contributed by atoms with Gasteiger partial charge < -0.3 is 0 Å². The van der Waals surface area contributed by atoms with Crippen molar-refractivity contribution in [3.05, 3.63) is 41.5 Å². The van der Waals surface area contributed by atoms with Crippen LogP contribution in [0.3, 0.4) is 0 Å². The summed E-state index contributed by atoms with van der Waals surface area (Å²) in [5.74, 6) is -0.0481. The molecule has 1 aromatic rings. The molecule has 0 saturated carbocycles. The van der Waals surface area contributed by atoms with Crippen molar-refractivity contribution in [2.45, 2.75) is 6.92 Å². The fourth-order valence-corrected chi connectivity index (χ4v) is 1.43. The minimum absolute atomic E-state index is 0.0481. The van der Waals surface area contributed by atoms with Crippen molar-refractivity contribution >= 4 is 27.5 Å². The Morgan fingerprint density at radius 2 is 2.31 bits per heavy atom. The molecule has 0 fully saturated rings. The molecule has 0 atom stereocenters. The predicted octanol–water partition coefficient (Wildman–Crippen LogP) is 2.95. The lowest BCUT2D eigenvalue weighted by molar-refractivity contribution is -0.115. The van der Waals surface area contributed by atoms with Crippen molar-refractivity contribution in [3.8, 4) is 0 Å². The molecule has 0 aromatic heterocycles. The van der Waals surface area contributed by atoms with Crippen LogP contribution in [0.2, 0.25) is 0 Å². The standard InChI is InChI=1S/C10H10BrNO/c1-3-12(8(2)13)10-6-4-5-9(11)7-10/h3-7H,1H2,2H3. The smallest absolute Gasteiger partial charge is 0.227 e. The minimum Gasteiger partial charge on any atom is -0.289 e. The summed E-state index contributed by atoms with van der Waals surface area (Å²) in [6.45, 7) is 5.08. The van der Waals surface area contributed by atoms with Crippen molar-refractivity contribution in [2.24, 2.45) is 0 Å². The van der Waals surface area contributed by atoms with Crippen molar-refractivity contribution in [1.29, 1.82) is 0 Å². The van der Waals surface area contributed by atoms with Crippen LogP contribution in [-0.2, 0) is 4.79 Å². The van der Waals surface area contributed by atoms with Crippen molar-refractivity contribution in [3.63, 3.8) is 0 Å².